The highest BCUT2D eigenvalue weighted by molar-refractivity contribution is 5.82. The van der Waals surface area contributed by atoms with Gasteiger partial charge in [-0.1, -0.05) is 30.3 Å². The number of aromatic nitrogens is 1. The van der Waals surface area contributed by atoms with E-state index < -0.39 is 0 Å². The summed E-state index contributed by atoms with van der Waals surface area (Å²) in [6.45, 7) is 0. The number of fused-ring (bicyclic) bond motifs is 1. The average molecular weight is 279 g/mol. The Morgan fingerprint density at radius 1 is 1.14 bits per heavy atom. The highest BCUT2D eigenvalue weighted by Crippen LogP contribution is 2.30. The molecular formula is C18H17NO2. The van der Waals surface area contributed by atoms with Gasteiger partial charge in [0, 0.05) is 28.9 Å². The third kappa shape index (κ3) is 2.68. The van der Waals surface area contributed by atoms with Crippen molar-refractivity contribution in [1.82, 2.24) is 4.98 Å². The van der Waals surface area contributed by atoms with E-state index in [0.29, 0.717) is 6.42 Å². The van der Waals surface area contributed by atoms with Gasteiger partial charge in [0.2, 0.25) is 0 Å². The fourth-order valence-electron chi connectivity index (χ4n) is 2.67. The van der Waals surface area contributed by atoms with Gasteiger partial charge in [-0.05, 0) is 29.8 Å². The maximum Gasteiger partial charge on any atom is 0.120 e. The summed E-state index contributed by atoms with van der Waals surface area (Å²) >= 11 is 0. The molecule has 1 aromatic heterocycles. The first-order valence-electron chi connectivity index (χ1n) is 6.97. The van der Waals surface area contributed by atoms with E-state index in [4.69, 9.17) is 4.74 Å². The molecule has 0 saturated heterocycles. The van der Waals surface area contributed by atoms with Crippen LogP contribution in [0, 0.1) is 0 Å². The summed E-state index contributed by atoms with van der Waals surface area (Å²) in [5.41, 5.74) is 3.25. The van der Waals surface area contributed by atoms with E-state index in [1.54, 1.807) is 7.11 Å². The van der Waals surface area contributed by atoms with Gasteiger partial charge in [-0.25, -0.2) is 0 Å². The van der Waals surface area contributed by atoms with Crippen LogP contribution in [0.15, 0.2) is 54.6 Å². The summed E-state index contributed by atoms with van der Waals surface area (Å²) in [7, 11) is 1.66. The molecule has 0 bridgehead atoms. The van der Waals surface area contributed by atoms with Gasteiger partial charge in [0.25, 0.3) is 0 Å². The number of rotatable bonds is 5. The standard InChI is InChI=1S/C18H17NO2/c1-21-15-7-8-17-14(11-15)12-18(19-17)16(9-10-20)13-5-3-2-4-6-13/h2-8,10-12,16,19H,9H2,1H3/t16-/m0/s1. The molecule has 0 amide bonds. The largest absolute Gasteiger partial charge is 0.497 e. The predicted molar refractivity (Wildman–Crippen MR) is 83.8 cm³/mol. The van der Waals surface area contributed by atoms with E-state index in [1.165, 1.54) is 0 Å². The number of aldehydes is 1. The second-order valence-electron chi connectivity index (χ2n) is 5.04. The van der Waals surface area contributed by atoms with Gasteiger partial charge in [-0.15, -0.1) is 0 Å². The molecule has 3 aromatic rings. The van der Waals surface area contributed by atoms with Crippen molar-refractivity contribution in [3.8, 4) is 5.75 Å². The first kappa shape index (κ1) is 13.4. The molecule has 0 spiro atoms. The van der Waals surface area contributed by atoms with Crippen molar-refractivity contribution >= 4 is 17.2 Å². The van der Waals surface area contributed by atoms with E-state index >= 15 is 0 Å². The van der Waals surface area contributed by atoms with Gasteiger partial charge in [0.1, 0.15) is 12.0 Å². The molecule has 21 heavy (non-hydrogen) atoms. The molecule has 0 unspecified atom stereocenters. The molecule has 1 atom stereocenters. The van der Waals surface area contributed by atoms with Crippen molar-refractivity contribution in [3.63, 3.8) is 0 Å². The van der Waals surface area contributed by atoms with Crippen molar-refractivity contribution in [2.24, 2.45) is 0 Å². The van der Waals surface area contributed by atoms with Crippen LogP contribution in [-0.4, -0.2) is 18.4 Å². The molecule has 0 radical (unpaired) electrons. The van der Waals surface area contributed by atoms with Gasteiger partial charge >= 0.3 is 0 Å². The topological polar surface area (TPSA) is 42.1 Å². The number of carbonyl (C=O) groups is 1. The van der Waals surface area contributed by atoms with Crippen LogP contribution in [0.2, 0.25) is 0 Å². The Kier molecular flexibility index (Phi) is 3.73. The van der Waals surface area contributed by atoms with Gasteiger partial charge in [0.15, 0.2) is 0 Å². The van der Waals surface area contributed by atoms with Crippen LogP contribution in [-0.2, 0) is 4.79 Å². The monoisotopic (exact) mass is 279 g/mol. The summed E-state index contributed by atoms with van der Waals surface area (Å²) in [5.74, 6) is 0.891. The highest BCUT2D eigenvalue weighted by Gasteiger charge is 2.16. The Labute approximate surface area is 123 Å². The van der Waals surface area contributed by atoms with E-state index in [0.717, 1.165) is 34.2 Å². The molecule has 0 aliphatic carbocycles. The number of hydrogen-bond acceptors (Lipinski definition) is 2. The molecule has 2 aromatic carbocycles. The van der Waals surface area contributed by atoms with E-state index in [2.05, 4.69) is 23.2 Å². The Hall–Kier alpha value is -2.55. The molecular weight excluding hydrogens is 262 g/mol. The van der Waals surface area contributed by atoms with Crippen LogP contribution in [0.4, 0.5) is 0 Å². The number of carbonyl (C=O) groups excluding carboxylic acids is 1. The number of ether oxygens (including phenoxy) is 1. The third-order valence-corrected chi connectivity index (χ3v) is 3.76. The average Bonchev–Trinajstić information content (AvgIpc) is 2.95. The normalized spacial score (nSPS) is 12.2. The van der Waals surface area contributed by atoms with E-state index in [9.17, 15) is 4.79 Å². The summed E-state index contributed by atoms with van der Waals surface area (Å²) in [6.07, 6.45) is 1.44. The number of methoxy groups -OCH3 is 1. The van der Waals surface area contributed by atoms with Gasteiger partial charge in [-0.3, -0.25) is 0 Å². The van der Waals surface area contributed by atoms with Gasteiger partial charge in [0.05, 0.1) is 7.11 Å². The van der Waals surface area contributed by atoms with Crippen molar-refractivity contribution in [2.45, 2.75) is 12.3 Å². The van der Waals surface area contributed by atoms with Crippen LogP contribution in [0.5, 0.6) is 5.75 Å². The Bertz CT molecular complexity index is 746. The lowest BCUT2D eigenvalue weighted by Gasteiger charge is -2.12. The maximum absolute atomic E-state index is 11.0. The fourth-order valence-corrected chi connectivity index (χ4v) is 2.67. The lowest BCUT2D eigenvalue weighted by Crippen LogP contribution is -2.02. The lowest BCUT2D eigenvalue weighted by molar-refractivity contribution is -0.108. The summed E-state index contributed by atoms with van der Waals surface area (Å²) in [6, 6.07) is 18.1. The molecule has 0 fully saturated rings. The van der Waals surface area contributed by atoms with E-state index in [1.807, 2.05) is 36.4 Å². The minimum Gasteiger partial charge on any atom is -0.497 e. The smallest absolute Gasteiger partial charge is 0.120 e. The third-order valence-electron chi connectivity index (χ3n) is 3.76. The number of hydrogen-bond donors (Lipinski definition) is 1. The molecule has 3 rings (SSSR count). The second-order valence-corrected chi connectivity index (χ2v) is 5.04. The quantitative estimate of drug-likeness (QED) is 0.720. The maximum atomic E-state index is 11.0. The number of benzene rings is 2. The summed E-state index contributed by atoms with van der Waals surface area (Å²) < 4.78 is 5.25. The molecule has 106 valence electrons. The van der Waals surface area contributed by atoms with Crippen LogP contribution in [0.25, 0.3) is 10.9 Å². The molecule has 1 N–H and O–H groups in total. The zero-order chi connectivity index (χ0) is 14.7. The second kappa shape index (κ2) is 5.83. The SMILES string of the molecule is COc1ccc2[nH]c([C@@H](CC=O)c3ccccc3)cc2c1. The fraction of sp³-hybridized carbons (Fsp3) is 0.167. The molecule has 3 heteroatoms. The van der Waals surface area contributed by atoms with E-state index in [-0.39, 0.29) is 5.92 Å². The predicted octanol–water partition coefficient (Wildman–Crippen LogP) is 3.90. The first-order chi connectivity index (χ1) is 10.3. The minimum atomic E-state index is 0.0575. The van der Waals surface area contributed by atoms with Crippen molar-refractivity contribution in [3.05, 3.63) is 65.9 Å². The van der Waals surface area contributed by atoms with Gasteiger partial charge in [-0.2, -0.15) is 0 Å². The Balaban J connectivity index is 2.05. The van der Waals surface area contributed by atoms with Crippen molar-refractivity contribution in [1.29, 1.82) is 0 Å². The number of H-pyrrole nitrogens is 1. The Morgan fingerprint density at radius 2 is 1.95 bits per heavy atom. The zero-order valence-electron chi connectivity index (χ0n) is 11.9. The molecule has 1 heterocycles. The van der Waals surface area contributed by atoms with Crippen LogP contribution in [0.1, 0.15) is 23.6 Å². The molecule has 3 nitrogen and oxygen atoms in total. The van der Waals surface area contributed by atoms with Crippen LogP contribution >= 0.6 is 0 Å². The number of aromatic amines is 1. The summed E-state index contributed by atoms with van der Waals surface area (Å²) in [4.78, 5) is 14.5. The summed E-state index contributed by atoms with van der Waals surface area (Å²) in [5, 5.41) is 1.09. The highest BCUT2D eigenvalue weighted by atomic mass is 16.5. The molecule has 0 aliphatic rings. The lowest BCUT2D eigenvalue weighted by atomic mass is 9.93. The minimum absolute atomic E-state index is 0.0575. The first-order valence-corrected chi connectivity index (χ1v) is 6.97. The number of nitrogens with one attached hydrogen (secondary N) is 1. The van der Waals surface area contributed by atoms with Crippen LogP contribution < -0.4 is 4.74 Å². The molecule has 0 aliphatic heterocycles. The molecule has 0 saturated carbocycles. The zero-order valence-corrected chi connectivity index (χ0v) is 11.9. The Morgan fingerprint density at radius 3 is 2.67 bits per heavy atom. The van der Waals surface area contributed by atoms with Crippen molar-refractivity contribution in [2.75, 3.05) is 7.11 Å². The van der Waals surface area contributed by atoms with Gasteiger partial charge < -0.3 is 14.5 Å². The van der Waals surface area contributed by atoms with Crippen molar-refractivity contribution < 1.29 is 9.53 Å². The van der Waals surface area contributed by atoms with Crippen LogP contribution in [0.3, 0.4) is 0 Å².